The Labute approximate surface area is 168 Å². The molecule has 3 amide bonds. The van der Waals surface area contributed by atoms with Gasteiger partial charge >= 0.3 is 6.03 Å². The summed E-state index contributed by atoms with van der Waals surface area (Å²) in [6, 6.07) is 11.5. The van der Waals surface area contributed by atoms with Crippen LogP contribution in [0.4, 0.5) is 4.79 Å². The number of carbonyl (C=O) groups is 2. The van der Waals surface area contributed by atoms with E-state index in [2.05, 4.69) is 20.8 Å². The van der Waals surface area contributed by atoms with Crippen LogP contribution < -0.4 is 10.6 Å². The largest absolute Gasteiger partial charge is 0.459 e. The Bertz CT molecular complexity index is 924. The minimum atomic E-state index is -0.701. The number of imide groups is 1. The van der Waals surface area contributed by atoms with Crippen molar-refractivity contribution in [3.8, 4) is 11.7 Å². The van der Waals surface area contributed by atoms with Crippen molar-refractivity contribution in [1.82, 2.24) is 25.7 Å². The number of hydrogen-bond acceptors (Lipinski definition) is 7. The summed E-state index contributed by atoms with van der Waals surface area (Å²) in [6.45, 7) is 2.83. The molecule has 29 heavy (non-hydrogen) atoms. The van der Waals surface area contributed by atoms with Gasteiger partial charge < -0.3 is 14.2 Å². The third kappa shape index (κ3) is 5.08. The van der Waals surface area contributed by atoms with Gasteiger partial charge in [0.25, 0.3) is 5.89 Å². The number of urea groups is 1. The van der Waals surface area contributed by atoms with E-state index in [1.807, 2.05) is 42.2 Å². The Morgan fingerprint density at radius 1 is 1.14 bits per heavy atom. The molecule has 0 radical (unpaired) electrons. The van der Waals surface area contributed by atoms with Gasteiger partial charge in [-0.05, 0) is 30.7 Å². The van der Waals surface area contributed by atoms with Crippen LogP contribution in [0, 0.1) is 0 Å². The van der Waals surface area contributed by atoms with Gasteiger partial charge in [0, 0.05) is 7.05 Å². The average molecular weight is 397 g/mol. The molecule has 0 bridgehead atoms. The van der Waals surface area contributed by atoms with Crippen molar-refractivity contribution >= 4 is 11.9 Å². The molecule has 0 unspecified atom stereocenters. The number of hydrogen-bond donors (Lipinski definition) is 2. The number of benzene rings is 1. The predicted octanol–water partition coefficient (Wildman–Crippen LogP) is 2.74. The van der Waals surface area contributed by atoms with Crippen LogP contribution in [0.3, 0.4) is 0 Å². The molecule has 1 aromatic carbocycles. The second-order valence-corrected chi connectivity index (χ2v) is 6.33. The van der Waals surface area contributed by atoms with Crippen molar-refractivity contribution in [2.45, 2.75) is 25.9 Å². The summed E-state index contributed by atoms with van der Waals surface area (Å²) in [5.74, 6) is 0.656. The van der Waals surface area contributed by atoms with E-state index >= 15 is 0 Å². The Morgan fingerprint density at radius 3 is 2.59 bits per heavy atom. The van der Waals surface area contributed by atoms with Crippen molar-refractivity contribution in [1.29, 1.82) is 0 Å². The first kappa shape index (κ1) is 20.3. The zero-order valence-corrected chi connectivity index (χ0v) is 16.3. The zero-order valence-electron chi connectivity index (χ0n) is 16.3. The van der Waals surface area contributed by atoms with Crippen molar-refractivity contribution in [2.24, 2.45) is 0 Å². The number of nitrogens with zero attached hydrogens (tertiary/aromatic N) is 3. The summed E-state index contributed by atoms with van der Waals surface area (Å²) >= 11 is 0. The van der Waals surface area contributed by atoms with E-state index in [1.165, 1.54) is 13.3 Å². The van der Waals surface area contributed by atoms with Gasteiger partial charge in [-0.3, -0.25) is 15.0 Å². The van der Waals surface area contributed by atoms with Gasteiger partial charge in [0.1, 0.15) is 6.04 Å². The maximum Gasteiger partial charge on any atom is 0.321 e. The van der Waals surface area contributed by atoms with Crippen LogP contribution in [-0.4, -0.2) is 40.6 Å². The standard InChI is InChI=1S/C20H23N5O4/c1-3-11-25(13-16-23-24-19(29-16)15-10-7-12-28-15)17(14-8-5-4-6-9-14)18(26)22-20(27)21-2/h4-10,12,17H,3,11,13H2,1-2H3,(H2,21,22,26,27)/t17-/m0/s1. The van der Waals surface area contributed by atoms with Gasteiger partial charge in [0.2, 0.25) is 11.8 Å². The van der Waals surface area contributed by atoms with Gasteiger partial charge in [-0.2, -0.15) is 0 Å². The van der Waals surface area contributed by atoms with Crippen LogP contribution in [0.15, 0.2) is 57.6 Å². The normalized spacial score (nSPS) is 12.0. The van der Waals surface area contributed by atoms with Gasteiger partial charge in [0.15, 0.2) is 5.76 Å². The average Bonchev–Trinajstić information content (AvgIpc) is 3.41. The molecule has 2 heterocycles. The lowest BCUT2D eigenvalue weighted by molar-refractivity contribution is -0.126. The van der Waals surface area contributed by atoms with E-state index in [9.17, 15) is 9.59 Å². The number of furan rings is 1. The fourth-order valence-corrected chi connectivity index (χ4v) is 2.98. The zero-order chi connectivity index (χ0) is 20.6. The summed E-state index contributed by atoms with van der Waals surface area (Å²) in [6.07, 6.45) is 2.31. The molecule has 0 fully saturated rings. The predicted molar refractivity (Wildman–Crippen MR) is 104 cm³/mol. The van der Waals surface area contributed by atoms with Crippen molar-refractivity contribution in [3.63, 3.8) is 0 Å². The van der Waals surface area contributed by atoms with Crippen LogP contribution >= 0.6 is 0 Å². The fraction of sp³-hybridized carbons (Fsp3) is 0.300. The summed E-state index contributed by atoms with van der Waals surface area (Å²) in [5, 5.41) is 12.9. The van der Waals surface area contributed by atoms with Gasteiger partial charge in [0.05, 0.1) is 12.8 Å². The molecule has 1 atom stereocenters. The Kier molecular flexibility index (Phi) is 6.75. The lowest BCUT2D eigenvalue weighted by Gasteiger charge is -2.29. The fourth-order valence-electron chi connectivity index (χ4n) is 2.98. The molecular weight excluding hydrogens is 374 g/mol. The monoisotopic (exact) mass is 397 g/mol. The molecule has 9 nitrogen and oxygen atoms in total. The molecule has 152 valence electrons. The molecule has 2 N–H and O–H groups in total. The van der Waals surface area contributed by atoms with E-state index < -0.39 is 18.0 Å². The van der Waals surface area contributed by atoms with E-state index in [-0.39, 0.29) is 12.4 Å². The molecule has 0 saturated heterocycles. The lowest BCUT2D eigenvalue weighted by Crippen LogP contribution is -2.45. The van der Waals surface area contributed by atoms with Crippen molar-refractivity contribution in [2.75, 3.05) is 13.6 Å². The molecule has 9 heteroatoms. The van der Waals surface area contributed by atoms with E-state index in [1.54, 1.807) is 12.1 Å². The van der Waals surface area contributed by atoms with Gasteiger partial charge in [-0.1, -0.05) is 37.3 Å². The Balaban J connectivity index is 1.87. The minimum Gasteiger partial charge on any atom is -0.459 e. The molecule has 2 aromatic heterocycles. The highest BCUT2D eigenvalue weighted by molar-refractivity contribution is 5.97. The van der Waals surface area contributed by atoms with Crippen molar-refractivity contribution < 1.29 is 18.4 Å². The summed E-state index contributed by atoms with van der Waals surface area (Å²) < 4.78 is 11.0. The van der Waals surface area contributed by atoms with Crippen LogP contribution in [-0.2, 0) is 11.3 Å². The molecule has 0 aliphatic rings. The molecule has 0 aliphatic heterocycles. The van der Waals surface area contributed by atoms with Gasteiger partial charge in [-0.25, -0.2) is 4.79 Å². The first-order valence-electron chi connectivity index (χ1n) is 9.30. The van der Waals surface area contributed by atoms with Crippen LogP contribution in [0.25, 0.3) is 11.7 Å². The summed E-state index contributed by atoms with van der Waals surface area (Å²) in [4.78, 5) is 26.5. The molecule has 3 aromatic rings. The van der Waals surface area contributed by atoms with Crippen LogP contribution in [0.2, 0.25) is 0 Å². The Hall–Kier alpha value is -3.46. The first-order valence-corrected chi connectivity index (χ1v) is 9.30. The molecule has 0 aliphatic carbocycles. The van der Waals surface area contributed by atoms with Crippen molar-refractivity contribution in [3.05, 3.63) is 60.2 Å². The number of nitrogens with one attached hydrogen (secondary N) is 2. The number of amides is 3. The maximum atomic E-state index is 12.9. The number of aromatic nitrogens is 2. The second kappa shape index (κ2) is 9.65. The highest BCUT2D eigenvalue weighted by atomic mass is 16.4. The summed E-state index contributed by atoms with van der Waals surface area (Å²) in [7, 11) is 1.46. The summed E-state index contributed by atoms with van der Waals surface area (Å²) in [5.41, 5.74) is 0.758. The van der Waals surface area contributed by atoms with Crippen LogP contribution in [0.5, 0.6) is 0 Å². The molecular formula is C20H23N5O4. The highest BCUT2D eigenvalue weighted by Crippen LogP contribution is 2.25. The number of carbonyl (C=O) groups excluding carboxylic acids is 2. The van der Waals surface area contributed by atoms with E-state index in [0.29, 0.717) is 18.2 Å². The third-order valence-electron chi connectivity index (χ3n) is 4.24. The third-order valence-corrected chi connectivity index (χ3v) is 4.24. The van der Waals surface area contributed by atoms with E-state index in [4.69, 9.17) is 8.83 Å². The SMILES string of the molecule is CCCN(Cc1nnc(-c2ccco2)o1)[C@H](C(=O)NC(=O)NC)c1ccccc1. The maximum absolute atomic E-state index is 12.9. The number of rotatable bonds is 8. The lowest BCUT2D eigenvalue weighted by atomic mass is 10.0. The molecule has 3 rings (SSSR count). The quantitative estimate of drug-likeness (QED) is 0.601. The molecule has 0 saturated carbocycles. The van der Waals surface area contributed by atoms with E-state index in [0.717, 1.165) is 12.0 Å². The topological polar surface area (TPSA) is 114 Å². The minimum absolute atomic E-state index is 0.238. The van der Waals surface area contributed by atoms with Gasteiger partial charge in [-0.15, -0.1) is 10.2 Å². The second-order valence-electron chi connectivity index (χ2n) is 6.33. The smallest absolute Gasteiger partial charge is 0.321 e. The van der Waals surface area contributed by atoms with Crippen LogP contribution in [0.1, 0.15) is 30.8 Å². The first-order chi connectivity index (χ1) is 14.1. The highest BCUT2D eigenvalue weighted by Gasteiger charge is 2.30. The molecule has 0 spiro atoms. The Morgan fingerprint density at radius 2 is 1.93 bits per heavy atom.